The largest absolute Gasteiger partial charge is 0.329 e. The highest BCUT2D eigenvalue weighted by molar-refractivity contribution is 7.54. The molecule has 0 aliphatic heterocycles. The van der Waals surface area contributed by atoms with Gasteiger partial charge in [-0.05, 0) is 5.92 Å². The van der Waals surface area contributed by atoms with E-state index in [1.807, 2.05) is 0 Å². The van der Waals surface area contributed by atoms with E-state index < -0.39 is 7.60 Å². The van der Waals surface area contributed by atoms with Gasteiger partial charge in [0.25, 0.3) is 0 Å². The third-order valence-corrected chi connectivity index (χ3v) is 1.48. The van der Waals surface area contributed by atoms with Crippen LogP contribution in [0.15, 0.2) is 0 Å². The van der Waals surface area contributed by atoms with Crippen LogP contribution in [0.1, 0.15) is 13.8 Å². The molecule has 0 aliphatic carbocycles. The number of hydrogen-bond acceptors (Lipinski definition) is 1. The third kappa shape index (κ3) is 6.15. The minimum absolute atomic E-state index is 0.0455. The fourth-order valence-electron chi connectivity index (χ4n) is 0.388. The molecule has 0 heterocycles. The van der Waals surface area contributed by atoms with Crippen LogP contribution in [0.4, 0.5) is 0 Å². The Kier molecular flexibility index (Phi) is 2.67. The second-order valence-corrected chi connectivity index (χ2v) is 3.46. The van der Waals surface area contributed by atoms with E-state index in [0.29, 0.717) is 0 Å². The molecule has 8 heavy (non-hydrogen) atoms. The molecule has 0 aromatic rings. The van der Waals surface area contributed by atoms with Crippen LogP contribution in [0.5, 0.6) is 0 Å². The van der Waals surface area contributed by atoms with Gasteiger partial charge in [0.2, 0.25) is 0 Å². The van der Waals surface area contributed by atoms with Gasteiger partial charge in [-0.15, -0.1) is 0 Å². The van der Waals surface area contributed by atoms with Gasteiger partial charge in [-0.3, -0.25) is 4.57 Å². The standard InChI is InChI=1S/C4H10O3P/c1-4(2)3-8(5,6)7/h3-4H,1-2H3,(H2,5,6,7). The van der Waals surface area contributed by atoms with Crippen LogP contribution in [0, 0.1) is 12.1 Å². The van der Waals surface area contributed by atoms with E-state index in [0.717, 1.165) is 6.16 Å². The molecule has 0 amide bonds. The Bertz CT molecular complexity index is 104. The first-order valence-corrected chi connectivity index (χ1v) is 4.01. The molecule has 0 unspecified atom stereocenters. The maximum absolute atomic E-state index is 10.1. The average Bonchev–Trinajstić information content (AvgIpc) is 1.21. The molecule has 0 spiro atoms. The van der Waals surface area contributed by atoms with Crippen LogP contribution < -0.4 is 0 Å². The monoisotopic (exact) mass is 137 g/mol. The molecule has 0 aliphatic rings. The average molecular weight is 137 g/mol. The van der Waals surface area contributed by atoms with Crippen LogP contribution in [-0.2, 0) is 4.57 Å². The fourth-order valence-corrected chi connectivity index (χ4v) is 1.17. The number of rotatable bonds is 2. The Morgan fingerprint density at radius 3 is 1.88 bits per heavy atom. The van der Waals surface area contributed by atoms with Crippen LogP contribution >= 0.6 is 7.60 Å². The molecule has 0 aromatic heterocycles. The fraction of sp³-hybridized carbons (Fsp3) is 0.750. The Morgan fingerprint density at radius 2 is 1.88 bits per heavy atom. The van der Waals surface area contributed by atoms with E-state index in [9.17, 15) is 4.57 Å². The highest BCUT2D eigenvalue weighted by Gasteiger charge is 2.14. The zero-order valence-electron chi connectivity index (χ0n) is 4.90. The lowest BCUT2D eigenvalue weighted by atomic mass is 10.3. The summed E-state index contributed by atoms with van der Waals surface area (Å²) in [6.07, 6.45) is 1.02. The SMILES string of the molecule is CC(C)[CH]P(=O)(O)O. The topological polar surface area (TPSA) is 57.5 Å². The Labute approximate surface area is 48.9 Å². The van der Waals surface area contributed by atoms with Crippen molar-refractivity contribution in [1.82, 2.24) is 0 Å². The maximum Gasteiger partial charge on any atom is 0.329 e. The summed E-state index contributed by atoms with van der Waals surface area (Å²) >= 11 is 0. The van der Waals surface area contributed by atoms with E-state index in [2.05, 4.69) is 0 Å². The molecule has 49 valence electrons. The summed E-state index contributed by atoms with van der Waals surface area (Å²) in [5.41, 5.74) is 0. The highest BCUT2D eigenvalue weighted by atomic mass is 31.2. The first-order chi connectivity index (χ1) is 3.42. The van der Waals surface area contributed by atoms with Crippen LogP contribution in [0.3, 0.4) is 0 Å². The van der Waals surface area contributed by atoms with Gasteiger partial charge >= 0.3 is 7.60 Å². The smallest absolute Gasteiger partial charge is 0.324 e. The second kappa shape index (κ2) is 2.62. The van der Waals surface area contributed by atoms with E-state index in [4.69, 9.17) is 9.79 Å². The second-order valence-electron chi connectivity index (χ2n) is 1.98. The molecule has 0 fully saturated rings. The summed E-state index contributed by atoms with van der Waals surface area (Å²) in [5.74, 6) is -0.0455. The molecule has 0 saturated heterocycles. The first-order valence-electron chi connectivity index (χ1n) is 2.33. The van der Waals surface area contributed by atoms with Crippen LogP contribution in [-0.4, -0.2) is 9.79 Å². The van der Waals surface area contributed by atoms with E-state index in [1.165, 1.54) is 0 Å². The van der Waals surface area contributed by atoms with Gasteiger partial charge in [-0.25, -0.2) is 0 Å². The zero-order valence-corrected chi connectivity index (χ0v) is 5.80. The van der Waals surface area contributed by atoms with Gasteiger partial charge in [0.1, 0.15) is 0 Å². The van der Waals surface area contributed by atoms with Crippen LogP contribution in [0.2, 0.25) is 0 Å². The molecule has 3 nitrogen and oxygen atoms in total. The van der Waals surface area contributed by atoms with Crippen molar-refractivity contribution in [2.75, 3.05) is 0 Å². The van der Waals surface area contributed by atoms with Gasteiger partial charge < -0.3 is 9.79 Å². The lowest BCUT2D eigenvalue weighted by molar-refractivity contribution is 0.376. The van der Waals surface area contributed by atoms with E-state index in [1.54, 1.807) is 13.8 Å². The van der Waals surface area contributed by atoms with Gasteiger partial charge in [-0.1, -0.05) is 13.8 Å². The highest BCUT2D eigenvalue weighted by Crippen LogP contribution is 2.41. The molecule has 0 aromatic carbocycles. The third-order valence-electron chi connectivity index (χ3n) is 0.492. The van der Waals surface area contributed by atoms with Crippen molar-refractivity contribution in [3.8, 4) is 0 Å². The lowest BCUT2D eigenvalue weighted by Crippen LogP contribution is -1.88. The van der Waals surface area contributed by atoms with E-state index in [-0.39, 0.29) is 5.92 Å². The summed E-state index contributed by atoms with van der Waals surface area (Å²) in [5, 5.41) is 0. The lowest BCUT2D eigenvalue weighted by Gasteiger charge is -2.03. The summed E-state index contributed by atoms with van der Waals surface area (Å²) in [6, 6.07) is 0. The maximum atomic E-state index is 10.1. The summed E-state index contributed by atoms with van der Waals surface area (Å²) in [6.45, 7) is 3.44. The van der Waals surface area contributed by atoms with Gasteiger partial charge in [0.05, 0.1) is 6.16 Å². The Hall–Kier alpha value is 0.150. The summed E-state index contributed by atoms with van der Waals surface area (Å²) < 4.78 is 10.1. The Morgan fingerprint density at radius 1 is 1.50 bits per heavy atom. The van der Waals surface area contributed by atoms with Gasteiger partial charge in [0.15, 0.2) is 0 Å². The quantitative estimate of drug-likeness (QED) is 0.558. The molecule has 0 rings (SSSR count). The minimum atomic E-state index is -3.85. The van der Waals surface area contributed by atoms with Crippen molar-refractivity contribution in [2.45, 2.75) is 13.8 Å². The summed E-state index contributed by atoms with van der Waals surface area (Å²) in [4.78, 5) is 16.5. The van der Waals surface area contributed by atoms with Crippen molar-refractivity contribution in [2.24, 2.45) is 5.92 Å². The Balaban J connectivity index is 3.56. The van der Waals surface area contributed by atoms with E-state index >= 15 is 0 Å². The van der Waals surface area contributed by atoms with Crippen molar-refractivity contribution < 1.29 is 14.4 Å². The zero-order chi connectivity index (χ0) is 6.78. The predicted molar refractivity (Wildman–Crippen MR) is 31.2 cm³/mol. The molecular weight excluding hydrogens is 127 g/mol. The van der Waals surface area contributed by atoms with Gasteiger partial charge in [-0.2, -0.15) is 0 Å². The van der Waals surface area contributed by atoms with Crippen molar-refractivity contribution in [3.63, 3.8) is 0 Å². The number of hydrogen-bond donors (Lipinski definition) is 2. The molecule has 0 saturated carbocycles. The normalized spacial score (nSPS) is 12.6. The van der Waals surface area contributed by atoms with Crippen LogP contribution in [0.25, 0.3) is 0 Å². The molecule has 0 atom stereocenters. The minimum Gasteiger partial charge on any atom is -0.324 e. The molecule has 1 radical (unpaired) electrons. The molecular formula is C4H10O3P. The van der Waals surface area contributed by atoms with Crippen molar-refractivity contribution >= 4 is 7.60 Å². The first kappa shape index (κ1) is 8.15. The molecule has 2 N–H and O–H groups in total. The summed E-state index contributed by atoms with van der Waals surface area (Å²) in [7, 11) is -3.85. The van der Waals surface area contributed by atoms with Gasteiger partial charge in [0, 0.05) is 0 Å². The van der Waals surface area contributed by atoms with Crippen molar-refractivity contribution in [1.29, 1.82) is 0 Å². The molecule has 4 heteroatoms. The molecule has 0 bridgehead atoms. The predicted octanol–water partition coefficient (Wildman–Crippen LogP) is 0.982. The van der Waals surface area contributed by atoms with Crippen molar-refractivity contribution in [3.05, 3.63) is 6.16 Å².